The van der Waals surface area contributed by atoms with Crippen molar-refractivity contribution in [2.24, 2.45) is 0 Å². The highest BCUT2D eigenvalue weighted by Crippen LogP contribution is 2.10. The fraction of sp³-hybridized carbons (Fsp3) is 0.333. The Bertz CT molecular complexity index is 399. The molecule has 0 fully saturated rings. The summed E-state index contributed by atoms with van der Waals surface area (Å²) in [7, 11) is -4.18. The van der Waals surface area contributed by atoms with Crippen molar-refractivity contribution in [3.05, 3.63) is 17.7 Å². The van der Waals surface area contributed by atoms with Crippen molar-refractivity contribution >= 4 is 10.1 Å². The predicted molar refractivity (Wildman–Crippen MR) is 41.3 cm³/mol. The van der Waals surface area contributed by atoms with Crippen molar-refractivity contribution < 1.29 is 13.0 Å². The van der Waals surface area contributed by atoms with Crippen LogP contribution in [-0.2, 0) is 10.1 Å². The third-order valence-corrected chi connectivity index (χ3v) is 2.29. The summed E-state index contributed by atoms with van der Waals surface area (Å²) in [4.78, 5) is 7.20. The van der Waals surface area contributed by atoms with Crippen molar-refractivity contribution in [1.29, 1.82) is 0 Å². The minimum absolute atomic E-state index is 0.242. The van der Waals surface area contributed by atoms with Crippen LogP contribution < -0.4 is 0 Å². The second-order valence-electron chi connectivity index (χ2n) is 2.34. The van der Waals surface area contributed by atoms with Gasteiger partial charge < -0.3 is 0 Å². The molecule has 1 aromatic heterocycles. The molecule has 0 aliphatic heterocycles. The van der Waals surface area contributed by atoms with Crippen LogP contribution in [0.5, 0.6) is 0 Å². The van der Waals surface area contributed by atoms with Crippen LogP contribution in [-0.4, -0.2) is 22.9 Å². The molecule has 1 heterocycles. The van der Waals surface area contributed by atoms with E-state index in [1.165, 1.54) is 6.92 Å². The predicted octanol–water partition coefficient (Wildman–Crippen LogP) is 0.340. The highest BCUT2D eigenvalue weighted by molar-refractivity contribution is 7.85. The van der Waals surface area contributed by atoms with E-state index in [1.807, 2.05) is 0 Å². The second-order valence-corrected chi connectivity index (χ2v) is 3.73. The van der Waals surface area contributed by atoms with Crippen LogP contribution in [0.25, 0.3) is 0 Å². The van der Waals surface area contributed by atoms with Gasteiger partial charge in [0.15, 0.2) is 0 Å². The van der Waals surface area contributed by atoms with Gasteiger partial charge in [-0.15, -0.1) is 0 Å². The first kappa shape index (κ1) is 9.08. The Labute approximate surface area is 70.2 Å². The fourth-order valence-electron chi connectivity index (χ4n) is 0.825. The van der Waals surface area contributed by atoms with E-state index in [9.17, 15) is 8.42 Å². The van der Waals surface area contributed by atoms with E-state index in [-0.39, 0.29) is 10.6 Å². The zero-order chi connectivity index (χ0) is 9.35. The first-order valence-electron chi connectivity index (χ1n) is 3.19. The molecule has 0 spiro atoms. The molecule has 0 saturated carbocycles. The smallest absolute Gasteiger partial charge is 0.282 e. The van der Waals surface area contributed by atoms with Crippen LogP contribution >= 0.6 is 0 Å². The number of aromatic nitrogens is 2. The van der Waals surface area contributed by atoms with Crippen LogP contribution in [0, 0.1) is 13.8 Å². The average molecular weight is 188 g/mol. The van der Waals surface area contributed by atoms with E-state index >= 15 is 0 Å². The summed E-state index contributed by atoms with van der Waals surface area (Å²) in [6.45, 7) is 3.14. The second kappa shape index (κ2) is 2.80. The van der Waals surface area contributed by atoms with Crippen molar-refractivity contribution in [3.63, 3.8) is 0 Å². The van der Waals surface area contributed by atoms with E-state index in [0.717, 1.165) is 6.20 Å². The summed E-state index contributed by atoms with van der Waals surface area (Å²) in [5.74, 6) is 0.472. The quantitative estimate of drug-likeness (QED) is 0.643. The van der Waals surface area contributed by atoms with E-state index in [2.05, 4.69) is 9.97 Å². The molecule has 0 aliphatic rings. The highest BCUT2D eigenvalue weighted by Gasteiger charge is 2.13. The summed E-state index contributed by atoms with van der Waals surface area (Å²) in [6.07, 6.45) is 1.09. The number of aryl methyl sites for hydroxylation is 2. The third-order valence-electron chi connectivity index (χ3n) is 1.33. The lowest BCUT2D eigenvalue weighted by atomic mass is 10.4. The lowest BCUT2D eigenvalue weighted by Gasteiger charge is -2.00. The normalized spacial score (nSPS) is 11.6. The number of nitrogens with zero attached hydrogens (tertiary/aromatic N) is 2. The van der Waals surface area contributed by atoms with E-state index in [4.69, 9.17) is 4.55 Å². The maximum atomic E-state index is 10.6. The molecule has 0 aliphatic carbocycles. The van der Waals surface area contributed by atoms with E-state index in [1.54, 1.807) is 6.92 Å². The minimum Gasteiger partial charge on any atom is -0.282 e. The molecule has 6 heteroatoms. The van der Waals surface area contributed by atoms with Crippen molar-refractivity contribution in [1.82, 2.24) is 9.97 Å². The molecule has 0 saturated heterocycles. The highest BCUT2D eigenvalue weighted by atomic mass is 32.2. The van der Waals surface area contributed by atoms with Gasteiger partial charge in [0, 0.05) is 0 Å². The van der Waals surface area contributed by atoms with E-state index < -0.39 is 10.1 Å². The largest absolute Gasteiger partial charge is 0.297 e. The maximum Gasteiger partial charge on any atom is 0.297 e. The molecule has 0 amide bonds. The lowest BCUT2D eigenvalue weighted by Crippen LogP contribution is -2.04. The molecule has 5 nitrogen and oxygen atoms in total. The van der Waals surface area contributed by atoms with Gasteiger partial charge in [0.1, 0.15) is 10.7 Å². The van der Waals surface area contributed by atoms with Gasteiger partial charge in [-0.2, -0.15) is 8.42 Å². The zero-order valence-electron chi connectivity index (χ0n) is 6.64. The van der Waals surface area contributed by atoms with Crippen LogP contribution in [0.3, 0.4) is 0 Å². The summed E-state index contributed by atoms with van der Waals surface area (Å²) in [5, 5.41) is 0. The zero-order valence-corrected chi connectivity index (χ0v) is 7.46. The Morgan fingerprint density at radius 3 is 2.42 bits per heavy atom. The fourth-order valence-corrected chi connectivity index (χ4v) is 1.43. The number of hydrogen-bond donors (Lipinski definition) is 1. The van der Waals surface area contributed by atoms with Crippen LogP contribution in [0.15, 0.2) is 11.1 Å². The summed E-state index contributed by atoms with van der Waals surface area (Å²) >= 11 is 0. The molecule has 0 bridgehead atoms. The van der Waals surface area contributed by atoms with Gasteiger partial charge in [0.25, 0.3) is 10.1 Å². The van der Waals surface area contributed by atoms with Gasteiger partial charge in [0.2, 0.25) is 0 Å². The molecule has 66 valence electrons. The Hall–Kier alpha value is -1.01. The van der Waals surface area contributed by atoms with Crippen molar-refractivity contribution in [2.45, 2.75) is 18.7 Å². The van der Waals surface area contributed by atoms with Crippen LogP contribution in [0.2, 0.25) is 0 Å². The van der Waals surface area contributed by atoms with E-state index in [0.29, 0.717) is 5.82 Å². The van der Waals surface area contributed by atoms with Crippen LogP contribution in [0.4, 0.5) is 0 Å². The van der Waals surface area contributed by atoms with Crippen LogP contribution in [0.1, 0.15) is 11.5 Å². The van der Waals surface area contributed by atoms with Gasteiger partial charge in [-0.25, -0.2) is 9.97 Å². The molecular formula is C6H8N2O3S. The standard InChI is InChI=1S/C6H8N2O3S/c1-4-6(12(9,10)11)3-7-5(2)8-4/h3H,1-2H3,(H,9,10,11). The molecule has 1 aromatic rings. The first-order valence-corrected chi connectivity index (χ1v) is 4.63. The molecule has 1 rings (SSSR count). The van der Waals surface area contributed by atoms with Gasteiger partial charge in [-0.1, -0.05) is 0 Å². The van der Waals surface area contributed by atoms with Gasteiger partial charge >= 0.3 is 0 Å². The molecule has 12 heavy (non-hydrogen) atoms. The lowest BCUT2D eigenvalue weighted by molar-refractivity contribution is 0.481. The molecule has 1 N–H and O–H groups in total. The Morgan fingerprint density at radius 1 is 1.42 bits per heavy atom. The third kappa shape index (κ3) is 1.77. The van der Waals surface area contributed by atoms with Crippen molar-refractivity contribution in [3.8, 4) is 0 Å². The van der Waals surface area contributed by atoms with Gasteiger partial charge in [-0.3, -0.25) is 4.55 Å². The molecule has 0 unspecified atom stereocenters. The Kier molecular flexibility index (Phi) is 2.12. The summed E-state index contributed by atoms with van der Waals surface area (Å²) in [6, 6.07) is 0. The minimum atomic E-state index is -4.18. The first-order chi connectivity index (χ1) is 5.41. The number of hydrogen-bond acceptors (Lipinski definition) is 4. The van der Waals surface area contributed by atoms with Gasteiger partial charge in [0.05, 0.1) is 11.9 Å². The Balaban J connectivity index is 3.39. The maximum absolute atomic E-state index is 10.6. The van der Waals surface area contributed by atoms with Crippen molar-refractivity contribution in [2.75, 3.05) is 0 Å². The number of rotatable bonds is 1. The Morgan fingerprint density at radius 2 is 2.00 bits per heavy atom. The average Bonchev–Trinajstić information content (AvgIpc) is 1.83. The topological polar surface area (TPSA) is 80.2 Å². The molecule has 0 atom stereocenters. The monoisotopic (exact) mass is 188 g/mol. The summed E-state index contributed by atoms with van der Waals surface area (Å²) in [5.41, 5.74) is 0.255. The molecule has 0 radical (unpaired) electrons. The molecule has 0 aromatic carbocycles. The molecular weight excluding hydrogens is 180 g/mol. The summed E-state index contributed by atoms with van der Waals surface area (Å²) < 4.78 is 29.9. The van der Waals surface area contributed by atoms with Gasteiger partial charge in [-0.05, 0) is 13.8 Å². The SMILES string of the molecule is Cc1ncc(S(=O)(=O)O)c(C)n1.